The lowest BCUT2D eigenvalue weighted by atomic mass is 10.0. The van der Waals surface area contributed by atoms with E-state index in [4.69, 9.17) is 4.74 Å². The summed E-state index contributed by atoms with van der Waals surface area (Å²) in [5.41, 5.74) is 2.47. The molecule has 0 aliphatic rings. The molecule has 1 heterocycles. The molecule has 0 fully saturated rings. The van der Waals surface area contributed by atoms with E-state index < -0.39 is 0 Å². The molecule has 0 amide bonds. The Hall–Kier alpha value is -1.26. The number of H-pyrrole nitrogens is 1. The molecular formula is C18H16Br2NO. The minimum atomic E-state index is 0.622. The summed E-state index contributed by atoms with van der Waals surface area (Å²) in [5, 5.41) is 1.22. The number of hydrogen-bond acceptors (Lipinski definition) is 1. The molecule has 4 heteroatoms. The third-order valence-corrected chi connectivity index (χ3v) is 4.62. The van der Waals surface area contributed by atoms with Crippen LogP contribution in [0.25, 0.3) is 10.9 Å². The molecule has 22 heavy (non-hydrogen) atoms. The van der Waals surface area contributed by atoms with Crippen molar-refractivity contribution in [3.05, 3.63) is 57.1 Å². The summed E-state index contributed by atoms with van der Waals surface area (Å²) in [7, 11) is 0. The van der Waals surface area contributed by atoms with Gasteiger partial charge in [-0.05, 0) is 86.2 Å². The molecule has 0 bridgehead atoms. The van der Waals surface area contributed by atoms with Gasteiger partial charge in [0.15, 0.2) is 5.75 Å². The van der Waals surface area contributed by atoms with Crippen LogP contribution in [0, 0.1) is 12.0 Å². The number of nitrogens with one attached hydrogen (secondary N) is 1. The molecule has 0 spiro atoms. The van der Waals surface area contributed by atoms with Gasteiger partial charge in [-0.2, -0.15) is 0 Å². The summed E-state index contributed by atoms with van der Waals surface area (Å²) in [5.74, 6) is 2.21. The summed E-state index contributed by atoms with van der Waals surface area (Å²) >= 11 is 7.00. The van der Waals surface area contributed by atoms with E-state index in [-0.39, 0.29) is 0 Å². The van der Waals surface area contributed by atoms with Crippen molar-refractivity contribution in [2.75, 3.05) is 0 Å². The fourth-order valence-corrected chi connectivity index (χ4v) is 3.60. The fraction of sp³-hybridized carbons (Fsp3) is 0.222. The van der Waals surface area contributed by atoms with Crippen LogP contribution in [-0.2, 0) is 6.42 Å². The zero-order valence-corrected chi connectivity index (χ0v) is 15.6. The van der Waals surface area contributed by atoms with Gasteiger partial charge in [0.05, 0.1) is 8.95 Å². The Bertz CT molecular complexity index is 788. The molecule has 0 saturated carbocycles. The van der Waals surface area contributed by atoms with Crippen molar-refractivity contribution in [1.29, 1.82) is 0 Å². The SMILES string of the molecule is CC(C)Cc1c[nH]c2ccc(Oc3c(Br)c[c]cc3Br)cc12. The average Bonchev–Trinajstić information content (AvgIpc) is 2.85. The molecule has 1 N–H and O–H groups in total. The van der Waals surface area contributed by atoms with E-state index in [9.17, 15) is 0 Å². The van der Waals surface area contributed by atoms with E-state index in [2.05, 4.69) is 75.1 Å². The minimum Gasteiger partial charge on any atom is -0.455 e. The van der Waals surface area contributed by atoms with Crippen molar-refractivity contribution in [2.45, 2.75) is 20.3 Å². The molecule has 0 saturated heterocycles. The minimum absolute atomic E-state index is 0.622. The number of hydrogen-bond donors (Lipinski definition) is 1. The van der Waals surface area contributed by atoms with Crippen molar-refractivity contribution < 1.29 is 4.74 Å². The third-order valence-electron chi connectivity index (χ3n) is 3.44. The van der Waals surface area contributed by atoms with Gasteiger partial charge in [0.25, 0.3) is 0 Å². The second kappa shape index (κ2) is 6.47. The molecule has 3 rings (SSSR count). The summed E-state index contributed by atoms with van der Waals surface area (Å²) in [4.78, 5) is 3.33. The maximum atomic E-state index is 6.05. The van der Waals surface area contributed by atoms with Crippen molar-refractivity contribution in [3.8, 4) is 11.5 Å². The number of aromatic nitrogens is 1. The van der Waals surface area contributed by atoms with Gasteiger partial charge >= 0.3 is 0 Å². The van der Waals surface area contributed by atoms with Crippen LogP contribution in [0.2, 0.25) is 0 Å². The molecule has 0 unspecified atom stereocenters. The normalized spacial score (nSPS) is 11.3. The van der Waals surface area contributed by atoms with Crippen LogP contribution in [0.3, 0.4) is 0 Å². The predicted octanol–water partition coefficient (Wildman–Crippen LogP) is 6.48. The fourth-order valence-electron chi connectivity index (χ4n) is 2.48. The Morgan fingerprint density at radius 2 is 1.91 bits per heavy atom. The van der Waals surface area contributed by atoms with Crippen LogP contribution in [0.4, 0.5) is 0 Å². The number of benzene rings is 2. The maximum absolute atomic E-state index is 6.05. The van der Waals surface area contributed by atoms with E-state index in [1.807, 2.05) is 18.2 Å². The topological polar surface area (TPSA) is 25.0 Å². The van der Waals surface area contributed by atoms with Crippen LogP contribution >= 0.6 is 31.9 Å². The van der Waals surface area contributed by atoms with Crippen LogP contribution in [-0.4, -0.2) is 4.98 Å². The smallest absolute Gasteiger partial charge is 0.155 e. The van der Waals surface area contributed by atoms with E-state index >= 15 is 0 Å². The van der Waals surface area contributed by atoms with Gasteiger partial charge in [-0.15, -0.1) is 0 Å². The molecule has 1 aromatic heterocycles. The molecule has 1 radical (unpaired) electrons. The Kier molecular flexibility index (Phi) is 4.59. The van der Waals surface area contributed by atoms with E-state index in [0.29, 0.717) is 5.92 Å². The molecule has 0 aliphatic carbocycles. The van der Waals surface area contributed by atoms with Gasteiger partial charge < -0.3 is 9.72 Å². The molecule has 0 atom stereocenters. The van der Waals surface area contributed by atoms with Crippen LogP contribution in [0.15, 0.2) is 45.5 Å². The zero-order valence-electron chi connectivity index (χ0n) is 12.4. The Morgan fingerprint density at radius 3 is 2.59 bits per heavy atom. The summed E-state index contributed by atoms with van der Waals surface area (Å²) < 4.78 is 7.80. The highest BCUT2D eigenvalue weighted by Crippen LogP contribution is 2.37. The maximum Gasteiger partial charge on any atom is 0.155 e. The Balaban J connectivity index is 1.98. The van der Waals surface area contributed by atoms with Gasteiger partial charge in [-0.3, -0.25) is 0 Å². The number of ether oxygens (including phenoxy) is 1. The van der Waals surface area contributed by atoms with E-state index in [1.54, 1.807) is 0 Å². The largest absolute Gasteiger partial charge is 0.455 e. The number of halogens is 2. The van der Waals surface area contributed by atoms with Crippen molar-refractivity contribution >= 4 is 42.8 Å². The quantitative estimate of drug-likeness (QED) is 0.511. The Labute approximate surface area is 147 Å². The summed E-state index contributed by atoms with van der Waals surface area (Å²) in [6, 6.07) is 12.9. The molecule has 113 valence electrons. The molecule has 2 aromatic carbocycles. The highest BCUT2D eigenvalue weighted by atomic mass is 79.9. The molecule has 2 nitrogen and oxygen atoms in total. The molecular weight excluding hydrogens is 406 g/mol. The average molecular weight is 422 g/mol. The number of fused-ring (bicyclic) bond motifs is 1. The van der Waals surface area contributed by atoms with Crippen molar-refractivity contribution in [2.24, 2.45) is 5.92 Å². The van der Waals surface area contributed by atoms with Gasteiger partial charge in [-0.1, -0.05) is 13.8 Å². The summed E-state index contributed by atoms with van der Waals surface area (Å²) in [6.45, 7) is 4.46. The first-order valence-electron chi connectivity index (χ1n) is 7.17. The monoisotopic (exact) mass is 420 g/mol. The first kappa shape index (κ1) is 15.6. The first-order valence-corrected chi connectivity index (χ1v) is 8.76. The van der Waals surface area contributed by atoms with Crippen molar-refractivity contribution in [3.63, 3.8) is 0 Å². The zero-order chi connectivity index (χ0) is 15.7. The van der Waals surface area contributed by atoms with E-state index in [0.717, 1.165) is 32.4 Å². The number of aromatic amines is 1. The lowest BCUT2D eigenvalue weighted by Gasteiger charge is -2.10. The molecule has 0 aliphatic heterocycles. The molecule has 3 aromatic rings. The highest BCUT2D eigenvalue weighted by Gasteiger charge is 2.10. The second-order valence-corrected chi connectivity index (χ2v) is 7.41. The lowest BCUT2D eigenvalue weighted by molar-refractivity contribution is 0.477. The van der Waals surface area contributed by atoms with Gasteiger partial charge in [0.2, 0.25) is 0 Å². The Morgan fingerprint density at radius 1 is 1.18 bits per heavy atom. The van der Waals surface area contributed by atoms with Crippen LogP contribution in [0.1, 0.15) is 19.4 Å². The van der Waals surface area contributed by atoms with Crippen LogP contribution in [0.5, 0.6) is 11.5 Å². The van der Waals surface area contributed by atoms with Crippen molar-refractivity contribution in [1.82, 2.24) is 4.98 Å². The third kappa shape index (κ3) is 3.23. The first-order chi connectivity index (χ1) is 10.5. The van der Waals surface area contributed by atoms with Gasteiger partial charge in [-0.25, -0.2) is 0 Å². The van der Waals surface area contributed by atoms with E-state index in [1.165, 1.54) is 10.9 Å². The summed E-state index contributed by atoms with van der Waals surface area (Å²) in [6.07, 6.45) is 3.15. The standard InChI is InChI=1S/C18H16Br2NO/c1-11(2)8-12-10-21-17-7-6-13(9-14(12)17)22-18-15(19)4-3-5-16(18)20/h4-7,9-11,21H,8H2,1-2H3. The number of rotatable bonds is 4. The second-order valence-electron chi connectivity index (χ2n) is 5.70. The lowest BCUT2D eigenvalue weighted by Crippen LogP contribution is -1.92. The van der Waals surface area contributed by atoms with Gasteiger partial charge in [0, 0.05) is 17.1 Å². The van der Waals surface area contributed by atoms with Crippen LogP contribution < -0.4 is 4.74 Å². The highest BCUT2D eigenvalue weighted by molar-refractivity contribution is 9.11. The van der Waals surface area contributed by atoms with Gasteiger partial charge in [0.1, 0.15) is 5.75 Å². The predicted molar refractivity (Wildman–Crippen MR) is 97.6 cm³/mol.